The summed E-state index contributed by atoms with van der Waals surface area (Å²) in [6, 6.07) is 16.7. The fraction of sp³-hybridized carbons (Fsp3) is 0.125. The third-order valence-corrected chi connectivity index (χ3v) is 2.85. The minimum Gasteiger partial charge on any atom is -0.384 e. The number of carbonyl (C=O) groups excluding carboxylic acids is 1. The van der Waals surface area contributed by atoms with Crippen LogP contribution in [0, 0.1) is 6.92 Å². The molecule has 0 saturated heterocycles. The lowest BCUT2D eigenvalue weighted by Crippen LogP contribution is -2.19. The molecule has 21 heavy (non-hydrogen) atoms. The van der Waals surface area contributed by atoms with Crippen molar-refractivity contribution in [3.8, 4) is 0 Å². The monoisotopic (exact) mass is 283 g/mol. The van der Waals surface area contributed by atoms with Gasteiger partial charge >= 0.3 is 0 Å². The van der Waals surface area contributed by atoms with Crippen LogP contribution in [0.1, 0.15) is 11.1 Å². The first-order chi connectivity index (χ1) is 10.2. The van der Waals surface area contributed by atoms with Crippen molar-refractivity contribution in [1.29, 1.82) is 0 Å². The SMILES string of the molecule is Cc1ccccc1NC(=O)CO/N=C(/N)c1ccccc1. The molecule has 0 saturated carbocycles. The van der Waals surface area contributed by atoms with Crippen LogP contribution >= 0.6 is 0 Å². The molecular formula is C16H17N3O2. The number of para-hydroxylation sites is 1. The van der Waals surface area contributed by atoms with Gasteiger partial charge in [0.2, 0.25) is 0 Å². The number of oxime groups is 1. The van der Waals surface area contributed by atoms with Gasteiger partial charge in [-0.25, -0.2) is 0 Å². The average molecular weight is 283 g/mol. The van der Waals surface area contributed by atoms with Crippen molar-refractivity contribution in [1.82, 2.24) is 0 Å². The summed E-state index contributed by atoms with van der Waals surface area (Å²) < 4.78 is 0. The molecule has 0 spiro atoms. The maximum Gasteiger partial charge on any atom is 0.265 e. The summed E-state index contributed by atoms with van der Waals surface area (Å²) in [4.78, 5) is 16.7. The van der Waals surface area contributed by atoms with Crippen molar-refractivity contribution in [2.45, 2.75) is 6.92 Å². The molecule has 0 aliphatic heterocycles. The number of amidine groups is 1. The van der Waals surface area contributed by atoms with E-state index in [0.29, 0.717) is 0 Å². The van der Waals surface area contributed by atoms with Crippen LogP contribution in [-0.2, 0) is 9.63 Å². The van der Waals surface area contributed by atoms with Crippen molar-refractivity contribution >= 4 is 17.4 Å². The Morgan fingerprint density at radius 3 is 2.52 bits per heavy atom. The summed E-state index contributed by atoms with van der Waals surface area (Å²) >= 11 is 0. The normalized spacial score (nSPS) is 11.0. The van der Waals surface area contributed by atoms with E-state index in [1.807, 2.05) is 61.5 Å². The van der Waals surface area contributed by atoms with Gasteiger partial charge in [-0.2, -0.15) is 0 Å². The molecule has 0 unspecified atom stereocenters. The zero-order valence-corrected chi connectivity index (χ0v) is 11.7. The number of nitrogens with one attached hydrogen (secondary N) is 1. The molecule has 2 aromatic carbocycles. The van der Waals surface area contributed by atoms with Crippen molar-refractivity contribution in [3.05, 3.63) is 65.7 Å². The maximum atomic E-state index is 11.7. The van der Waals surface area contributed by atoms with E-state index in [9.17, 15) is 4.79 Å². The molecule has 2 aromatic rings. The first-order valence-electron chi connectivity index (χ1n) is 6.53. The lowest BCUT2D eigenvalue weighted by Gasteiger charge is -2.07. The van der Waals surface area contributed by atoms with Crippen LogP contribution in [0.3, 0.4) is 0 Å². The molecule has 0 aromatic heterocycles. The zero-order valence-electron chi connectivity index (χ0n) is 11.7. The number of amides is 1. The number of rotatable bonds is 5. The minimum atomic E-state index is -0.283. The first-order valence-corrected chi connectivity index (χ1v) is 6.53. The smallest absolute Gasteiger partial charge is 0.265 e. The molecule has 1 amide bonds. The first kappa shape index (κ1) is 14.6. The molecule has 5 heteroatoms. The van der Waals surface area contributed by atoms with E-state index < -0.39 is 0 Å². The number of carbonyl (C=O) groups is 1. The largest absolute Gasteiger partial charge is 0.384 e. The summed E-state index contributed by atoms with van der Waals surface area (Å²) in [6.45, 7) is 1.73. The Hall–Kier alpha value is -2.82. The number of hydrogen-bond acceptors (Lipinski definition) is 3. The zero-order chi connectivity index (χ0) is 15.1. The molecule has 3 N–H and O–H groups in total. The van der Waals surface area contributed by atoms with Crippen molar-refractivity contribution in [2.75, 3.05) is 11.9 Å². The quantitative estimate of drug-likeness (QED) is 0.502. The highest BCUT2D eigenvalue weighted by atomic mass is 16.6. The van der Waals surface area contributed by atoms with Crippen molar-refractivity contribution in [2.24, 2.45) is 10.9 Å². The maximum absolute atomic E-state index is 11.7. The van der Waals surface area contributed by atoms with Gasteiger partial charge in [-0.15, -0.1) is 0 Å². The fourth-order valence-corrected chi connectivity index (χ4v) is 1.72. The van der Waals surface area contributed by atoms with Crippen LogP contribution in [0.25, 0.3) is 0 Å². The molecule has 0 fully saturated rings. The van der Waals surface area contributed by atoms with E-state index in [1.165, 1.54) is 0 Å². The lowest BCUT2D eigenvalue weighted by molar-refractivity contribution is -0.120. The molecular weight excluding hydrogens is 266 g/mol. The van der Waals surface area contributed by atoms with Gasteiger partial charge in [-0.1, -0.05) is 53.7 Å². The molecule has 0 atom stereocenters. The number of anilines is 1. The molecule has 0 heterocycles. The number of nitrogens with zero attached hydrogens (tertiary/aromatic N) is 1. The highest BCUT2D eigenvalue weighted by Gasteiger charge is 2.05. The van der Waals surface area contributed by atoms with Crippen LogP contribution in [0.5, 0.6) is 0 Å². The average Bonchev–Trinajstić information content (AvgIpc) is 2.50. The van der Waals surface area contributed by atoms with Crippen molar-refractivity contribution in [3.63, 3.8) is 0 Å². The third kappa shape index (κ3) is 4.35. The van der Waals surface area contributed by atoms with Crippen LogP contribution in [0.15, 0.2) is 59.8 Å². The Morgan fingerprint density at radius 2 is 1.81 bits per heavy atom. The Balaban J connectivity index is 1.86. The van der Waals surface area contributed by atoms with Gasteiger partial charge in [-0.05, 0) is 18.6 Å². The summed E-state index contributed by atoms with van der Waals surface area (Å²) in [7, 11) is 0. The van der Waals surface area contributed by atoms with E-state index in [2.05, 4.69) is 10.5 Å². The fourth-order valence-electron chi connectivity index (χ4n) is 1.72. The van der Waals surface area contributed by atoms with Crippen LogP contribution < -0.4 is 11.1 Å². The van der Waals surface area contributed by atoms with Gasteiger partial charge in [0.1, 0.15) is 0 Å². The molecule has 2 rings (SSSR count). The predicted molar refractivity (Wildman–Crippen MR) is 82.9 cm³/mol. The molecule has 5 nitrogen and oxygen atoms in total. The Bertz CT molecular complexity index is 639. The molecule has 0 aliphatic carbocycles. The van der Waals surface area contributed by atoms with Crippen LogP contribution in [0.2, 0.25) is 0 Å². The van der Waals surface area contributed by atoms with Gasteiger partial charge in [-0.3, -0.25) is 4.79 Å². The van der Waals surface area contributed by atoms with Gasteiger partial charge in [0.15, 0.2) is 12.4 Å². The summed E-state index contributed by atoms with van der Waals surface area (Å²) in [5.41, 5.74) is 8.24. The molecule has 0 aliphatic rings. The topological polar surface area (TPSA) is 76.7 Å². The molecule has 0 bridgehead atoms. The van der Waals surface area contributed by atoms with E-state index >= 15 is 0 Å². The van der Waals surface area contributed by atoms with E-state index in [4.69, 9.17) is 10.6 Å². The summed E-state index contributed by atoms with van der Waals surface area (Å²) in [5, 5.41) is 6.48. The standard InChI is InChI=1S/C16H17N3O2/c1-12-7-5-6-10-14(12)18-15(20)11-21-19-16(17)13-8-3-2-4-9-13/h2-10H,11H2,1H3,(H2,17,19)(H,18,20). The van der Waals surface area contributed by atoms with E-state index in [1.54, 1.807) is 0 Å². The number of aryl methyl sites for hydroxylation is 1. The van der Waals surface area contributed by atoms with Gasteiger partial charge in [0.25, 0.3) is 5.91 Å². The predicted octanol–water partition coefficient (Wildman–Crippen LogP) is 2.27. The van der Waals surface area contributed by atoms with Crippen LogP contribution in [-0.4, -0.2) is 18.3 Å². The van der Waals surface area contributed by atoms with Crippen molar-refractivity contribution < 1.29 is 9.63 Å². The van der Waals surface area contributed by atoms with E-state index in [-0.39, 0.29) is 18.3 Å². The number of benzene rings is 2. The second-order valence-electron chi connectivity index (χ2n) is 4.48. The Kier molecular flexibility index (Phi) is 4.93. The van der Waals surface area contributed by atoms with Gasteiger partial charge in [0.05, 0.1) is 0 Å². The molecule has 108 valence electrons. The number of hydrogen-bond donors (Lipinski definition) is 2. The van der Waals surface area contributed by atoms with E-state index in [0.717, 1.165) is 16.8 Å². The lowest BCUT2D eigenvalue weighted by atomic mass is 10.2. The Morgan fingerprint density at radius 1 is 1.14 bits per heavy atom. The minimum absolute atomic E-state index is 0.193. The highest BCUT2D eigenvalue weighted by molar-refractivity contribution is 5.97. The Labute approximate surface area is 123 Å². The van der Waals surface area contributed by atoms with Crippen LogP contribution in [0.4, 0.5) is 5.69 Å². The summed E-state index contributed by atoms with van der Waals surface area (Å²) in [6.07, 6.45) is 0. The molecule has 0 radical (unpaired) electrons. The third-order valence-electron chi connectivity index (χ3n) is 2.85. The highest BCUT2D eigenvalue weighted by Crippen LogP contribution is 2.12. The number of nitrogens with two attached hydrogens (primary N) is 1. The second-order valence-corrected chi connectivity index (χ2v) is 4.48. The summed E-state index contributed by atoms with van der Waals surface area (Å²) in [5.74, 6) is -0.0480. The second kappa shape index (κ2) is 7.09. The van der Waals surface area contributed by atoms with Gasteiger partial charge < -0.3 is 15.9 Å². The van der Waals surface area contributed by atoms with Gasteiger partial charge in [0, 0.05) is 11.3 Å².